The molecule has 6 nitrogen and oxygen atoms in total. The van der Waals surface area contributed by atoms with Gasteiger partial charge in [0.05, 0.1) is 24.3 Å². The predicted octanol–water partition coefficient (Wildman–Crippen LogP) is 3.05. The summed E-state index contributed by atoms with van der Waals surface area (Å²) in [7, 11) is 1.54. The monoisotopic (exact) mass is 276 g/mol. The Morgan fingerprint density at radius 3 is 2.85 bits per heavy atom. The van der Waals surface area contributed by atoms with Crippen molar-refractivity contribution in [3.8, 4) is 5.75 Å². The summed E-state index contributed by atoms with van der Waals surface area (Å²) < 4.78 is 10.5. The van der Waals surface area contributed by atoms with Crippen molar-refractivity contribution in [2.75, 3.05) is 7.11 Å². The maximum atomic E-state index is 10.8. The number of nitrogens with zero attached hydrogens (tertiary/aromatic N) is 1. The summed E-state index contributed by atoms with van der Waals surface area (Å²) in [4.78, 5) is 10.4. The van der Waals surface area contributed by atoms with Gasteiger partial charge in [-0.2, -0.15) is 0 Å². The molecular weight excluding hydrogens is 260 g/mol. The highest BCUT2D eigenvalue weighted by atomic mass is 16.6. The fourth-order valence-corrected chi connectivity index (χ4v) is 1.92. The number of nitro groups is 1. The number of ether oxygens (including phenoxy) is 1. The molecule has 1 heterocycles. The van der Waals surface area contributed by atoms with Crippen molar-refractivity contribution in [3.63, 3.8) is 0 Å². The molecule has 0 aliphatic heterocycles. The van der Waals surface area contributed by atoms with Gasteiger partial charge in [0.25, 0.3) is 5.69 Å². The molecule has 0 bridgehead atoms. The van der Waals surface area contributed by atoms with Crippen LogP contribution in [0, 0.1) is 10.1 Å². The SMILES string of the molecule is COc1ccc([N+](=O)[O-])cc1CNC(C)c1ccco1. The van der Waals surface area contributed by atoms with Crippen molar-refractivity contribution in [2.45, 2.75) is 19.5 Å². The molecule has 0 amide bonds. The Morgan fingerprint density at radius 2 is 2.25 bits per heavy atom. The fourth-order valence-electron chi connectivity index (χ4n) is 1.92. The third-order valence-electron chi connectivity index (χ3n) is 3.04. The molecule has 2 aromatic rings. The first-order chi connectivity index (χ1) is 9.61. The maximum Gasteiger partial charge on any atom is 0.270 e. The molecule has 0 aliphatic carbocycles. The van der Waals surface area contributed by atoms with Crippen LogP contribution in [0.2, 0.25) is 0 Å². The molecule has 6 heteroatoms. The highest BCUT2D eigenvalue weighted by molar-refractivity contribution is 5.43. The zero-order valence-electron chi connectivity index (χ0n) is 11.3. The maximum absolute atomic E-state index is 10.8. The first-order valence-electron chi connectivity index (χ1n) is 6.20. The van der Waals surface area contributed by atoms with E-state index >= 15 is 0 Å². The zero-order chi connectivity index (χ0) is 14.5. The summed E-state index contributed by atoms with van der Waals surface area (Å²) in [6, 6.07) is 8.25. The van der Waals surface area contributed by atoms with Crippen LogP contribution in [0.1, 0.15) is 24.3 Å². The quantitative estimate of drug-likeness (QED) is 0.648. The van der Waals surface area contributed by atoms with Gasteiger partial charge < -0.3 is 14.5 Å². The number of nitro benzene ring substituents is 1. The number of methoxy groups -OCH3 is 1. The number of benzene rings is 1. The van der Waals surface area contributed by atoms with Gasteiger partial charge in [0.1, 0.15) is 11.5 Å². The van der Waals surface area contributed by atoms with Crippen LogP contribution in [0.25, 0.3) is 0 Å². The predicted molar refractivity (Wildman–Crippen MR) is 73.6 cm³/mol. The van der Waals surface area contributed by atoms with Gasteiger partial charge in [-0.1, -0.05) is 0 Å². The molecule has 1 aromatic carbocycles. The third kappa shape index (κ3) is 3.16. The topological polar surface area (TPSA) is 77.5 Å². The molecule has 0 aliphatic rings. The van der Waals surface area contributed by atoms with Gasteiger partial charge in [0.15, 0.2) is 0 Å². The van der Waals surface area contributed by atoms with Gasteiger partial charge in [-0.15, -0.1) is 0 Å². The van der Waals surface area contributed by atoms with Crippen LogP contribution in [-0.4, -0.2) is 12.0 Å². The van der Waals surface area contributed by atoms with Crippen molar-refractivity contribution >= 4 is 5.69 Å². The van der Waals surface area contributed by atoms with Crippen LogP contribution in [-0.2, 0) is 6.54 Å². The summed E-state index contributed by atoms with van der Waals surface area (Å²) in [6.45, 7) is 2.41. The fraction of sp³-hybridized carbons (Fsp3) is 0.286. The summed E-state index contributed by atoms with van der Waals surface area (Å²) in [5.41, 5.74) is 0.786. The van der Waals surface area contributed by atoms with Crippen molar-refractivity contribution in [3.05, 3.63) is 58.0 Å². The van der Waals surface area contributed by atoms with Gasteiger partial charge in [0, 0.05) is 24.2 Å². The zero-order valence-corrected chi connectivity index (χ0v) is 11.3. The van der Waals surface area contributed by atoms with Crippen molar-refractivity contribution in [1.82, 2.24) is 5.32 Å². The molecule has 1 aromatic heterocycles. The lowest BCUT2D eigenvalue weighted by Crippen LogP contribution is -2.18. The second-order valence-corrected chi connectivity index (χ2v) is 4.37. The van der Waals surface area contributed by atoms with Gasteiger partial charge in [-0.05, 0) is 25.1 Å². The van der Waals surface area contributed by atoms with E-state index in [1.807, 2.05) is 19.1 Å². The minimum Gasteiger partial charge on any atom is -0.496 e. The van der Waals surface area contributed by atoms with Gasteiger partial charge >= 0.3 is 0 Å². The molecule has 106 valence electrons. The number of furan rings is 1. The molecule has 1 atom stereocenters. The van der Waals surface area contributed by atoms with E-state index in [0.717, 1.165) is 11.3 Å². The normalized spacial score (nSPS) is 12.1. The van der Waals surface area contributed by atoms with Crippen LogP contribution in [0.3, 0.4) is 0 Å². The van der Waals surface area contributed by atoms with E-state index in [2.05, 4.69) is 5.32 Å². The lowest BCUT2D eigenvalue weighted by Gasteiger charge is -2.13. The minimum atomic E-state index is -0.418. The lowest BCUT2D eigenvalue weighted by atomic mass is 10.1. The van der Waals surface area contributed by atoms with E-state index < -0.39 is 4.92 Å². The molecule has 0 radical (unpaired) electrons. The van der Waals surface area contributed by atoms with Crippen molar-refractivity contribution in [2.24, 2.45) is 0 Å². The molecule has 0 saturated heterocycles. The summed E-state index contributed by atoms with van der Waals surface area (Å²) in [5, 5.41) is 14.1. The second-order valence-electron chi connectivity index (χ2n) is 4.37. The van der Waals surface area contributed by atoms with Crippen LogP contribution >= 0.6 is 0 Å². The minimum absolute atomic E-state index is 0.00830. The van der Waals surface area contributed by atoms with Crippen LogP contribution in [0.15, 0.2) is 41.0 Å². The average Bonchev–Trinajstić information content (AvgIpc) is 2.98. The first kappa shape index (κ1) is 14.1. The Hall–Kier alpha value is -2.34. The molecule has 20 heavy (non-hydrogen) atoms. The van der Waals surface area contributed by atoms with E-state index in [9.17, 15) is 10.1 Å². The molecule has 2 rings (SSSR count). The second kappa shape index (κ2) is 6.21. The van der Waals surface area contributed by atoms with E-state index in [4.69, 9.17) is 9.15 Å². The van der Waals surface area contributed by atoms with Crippen LogP contribution < -0.4 is 10.1 Å². The van der Waals surface area contributed by atoms with Crippen LogP contribution in [0.5, 0.6) is 5.75 Å². The Morgan fingerprint density at radius 1 is 1.45 bits per heavy atom. The standard InChI is InChI=1S/C14H16N2O4/c1-10(13-4-3-7-20-13)15-9-11-8-12(16(17)18)5-6-14(11)19-2/h3-8,10,15H,9H2,1-2H3. The number of hydrogen-bond donors (Lipinski definition) is 1. The smallest absolute Gasteiger partial charge is 0.270 e. The van der Waals surface area contributed by atoms with Gasteiger partial charge in [0.2, 0.25) is 0 Å². The van der Waals surface area contributed by atoms with E-state index in [1.165, 1.54) is 12.1 Å². The van der Waals surface area contributed by atoms with E-state index in [0.29, 0.717) is 12.3 Å². The summed E-state index contributed by atoms with van der Waals surface area (Å²) in [6.07, 6.45) is 1.61. The Kier molecular flexibility index (Phi) is 4.37. The van der Waals surface area contributed by atoms with Crippen LogP contribution in [0.4, 0.5) is 5.69 Å². The molecule has 1 N–H and O–H groups in total. The molecule has 1 unspecified atom stereocenters. The Labute approximate surface area is 116 Å². The molecule has 0 fully saturated rings. The number of rotatable bonds is 6. The van der Waals surface area contributed by atoms with Gasteiger partial charge in [-0.3, -0.25) is 10.1 Å². The van der Waals surface area contributed by atoms with Crippen molar-refractivity contribution < 1.29 is 14.1 Å². The first-order valence-corrected chi connectivity index (χ1v) is 6.20. The van der Waals surface area contributed by atoms with E-state index in [1.54, 1.807) is 19.4 Å². The summed E-state index contributed by atoms with van der Waals surface area (Å²) >= 11 is 0. The third-order valence-corrected chi connectivity index (χ3v) is 3.04. The lowest BCUT2D eigenvalue weighted by molar-refractivity contribution is -0.384. The molecule has 0 saturated carbocycles. The van der Waals surface area contributed by atoms with Crippen molar-refractivity contribution in [1.29, 1.82) is 0 Å². The molecular formula is C14H16N2O4. The number of non-ortho nitro benzene ring substituents is 1. The number of hydrogen-bond acceptors (Lipinski definition) is 5. The van der Waals surface area contributed by atoms with Gasteiger partial charge in [-0.25, -0.2) is 0 Å². The Bertz CT molecular complexity index is 581. The Balaban J connectivity index is 2.11. The number of nitrogens with one attached hydrogen (secondary N) is 1. The summed E-state index contributed by atoms with van der Waals surface area (Å²) in [5.74, 6) is 1.43. The highest BCUT2D eigenvalue weighted by Crippen LogP contribution is 2.24. The highest BCUT2D eigenvalue weighted by Gasteiger charge is 2.13. The largest absolute Gasteiger partial charge is 0.496 e. The molecule has 0 spiro atoms. The average molecular weight is 276 g/mol. The van der Waals surface area contributed by atoms with E-state index in [-0.39, 0.29) is 11.7 Å².